The number of pyridine rings is 1. The molecule has 1 heterocycles. The van der Waals surface area contributed by atoms with Crippen molar-refractivity contribution in [3.63, 3.8) is 0 Å². The van der Waals surface area contributed by atoms with Gasteiger partial charge in [0.05, 0.1) is 17.4 Å². The first-order valence-corrected chi connectivity index (χ1v) is 6.47. The molecule has 1 aromatic carbocycles. The molecule has 104 valence electrons. The molecule has 2 aromatic rings. The van der Waals surface area contributed by atoms with E-state index in [0.717, 1.165) is 6.42 Å². The fourth-order valence-electron chi connectivity index (χ4n) is 2.06. The van der Waals surface area contributed by atoms with Crippen LogP contribution in [0, 0.1) is 0 Å². The molecule has 0 spiro atoms. The van der Waals surface area contributed by atoms with Crippen LogP contribution in [-0.4, -0.2) is 10.9 Å². The third-order valence-electron chi connectivity index (χ3n) is 3.12. The number of carbonyl (C=O) groups excluding carboxylic acids is 1. The van der Waals surface area contributed by atoms with Gasteiger partial charge in [-0.05, 0) is 23.6 Å². The summed E-state index contributed by atoms with van der Waals surface area (Å²) in [5, 5.41) is 3.15. The van der Waals surface area contributed by atoms with Gasteiger partial charge in [0.1, 0.15) is 5.82 Å². The molecule has 5 heteroatoms. The van der Waals surface area contributed by atoms with Gasteiger partial charge in [0, 0.05) is 6.54 Å². The molecular weight excluding hydrogens is 252 g/mol. The number of rotatable bonds is 5. The molecule has 0 radical (unpaired) electrons. The van der Waals surface area contributed by atoms with E-state index in [1.165, 1.54) is 23.4 Å². The third kappa shape index (κ3) is 3.06. The van der Waals surface area contributed by atoms with Crippen LogP contribution in [0.1, 0.15) is 28.4 Å². The molecule has 5 N–H and O–H groups in total. The molecule has 0 atom stereocenters. The minimum absolute atomic E-state index is 0.305. The van der Waals surface area contributed by atoms with E-state index in [2.05, 4.69) is 23.3 Å². The third-order valence-corrected chi connectivity index (χ3v) is 3.12. The summed E-state index contributed by atoms with van der Waals surface area (Å²) in [6.45, 7) is 2.69. The Morgan fingerprint density at radius 3 is 2.65 bits per heavy atom. The molecule has 1 aromatic heterocycles. The molecule has 0 aliphatic rings. The lowest BCUT2D eigenvalue weighted by Gasteiger charge is -2.12. The summed E-state index contributed by atoms with van der Waals surface area (Å²) in [5.74, 6) is -0.0892. The van der Waals surface area contributed by atoms with Gasteiger partial charge in [0.15, 0.2) is 0 Å². The lowest BCUT2D eigenvalue weighted by molar-refractivity contribution is 0.100. The Hall–Kier alpha value is -2.56. The molecule has 0 saturated heterocycles. The van der Waals surface area contributed by atoms with Crippen LogP contribution in [0.4, 0.5) is 11.5 Å². The van der Waals surface area contributed by atoms with Crippen LogP contribution in [0.5, 0.6) is 0 Å². The molecule has 5 nitrogen and oxygen atoms in total. The van der Waals surface area contributed by atoms with Crippen molar-refractivity contribution in [2.75, 3.05) is 11.1 Å². The van der Waals surface area contributed by atoms with Gasteiger partial charge in [-0.3, -0.25) is 4.79 Å². The van der Waals surface area contributed by atoms with Crippen LogP contribution in [-0.2, 0) is 13.0 Å². The second-order valence-corrected chi connectivity index (χ2v) is 4.50. The summed E-state index contributed by atoms with van der Waals surface area (Å²) in [6.07, 6.45) is 2.45. The monoisotopic (exact) mass is 270 g/mol. The molecule has 0 aliphatic heterocycles. The van der Waals surface area contributed by atoms with E-state index in [-0.39, 0.29) is 0 Å². The molecule has 0 bridgehead atoms. The normalized spacial score (nSPS) is 10.2. The molecule has 0 saturated carbocycles. The van der Waals surface area contributed by atoms with Gasteiger partial charge in [-0.25, -0.2) is 4.98 Å². The topological polar surface area (TPSA) is 94.0 Å². The lowest BCUT2D eigenvalue weighted by atomic mass is 10.1. The number of aromatic nitrogens is 1. The number of anilines is 2. The fraction of sp³-hybridized carbons (Fsp3) is 0.200. The first kappa shape index (κ1) is 13.9. The number of hydrogen-bond donors (Lipinski definition) is 3. The molecule has 0 unspecified atom stereocenters. The molecule has 0 fully saturated rings. The van der Waals surface area contributed by atoms with Crippen LogP contribution in [0.15, 0.2) is 36.5 Å². The first-order chi connectivity index (χ1) is 9.61. The number of benzene rings is 1. The number of carbonyl (C=O) groups is 1. The zero-order valence-electron chi connectivity index (χ0n) is 11.4. The van der Waals surface area contributed by atoms with E-state index in [4.69, 9.17) is 11.5 Å². The van der Waals surface area contributed by atoms with E-state index in [1.807, 2.05) is 18.2 Å². The Morgan fingerprint density at radius 1 is 1.30 bits per heavy atom. The van der Waals surface area contributed by atoms with Crippen molar-refractivity contribution in [2.24, 2.45) is 5.73 Å². The zero-order chi connectivity index (χ0) is 14.5. The Morgan fingerprint density at radius 2 is 2.00 bits per heavy atom. The van der Waals surface area contributed by atoms with Gasteiger partial charge in [-0.15, -0.1) is 0 Å². The highest BCUT2D eigenvalue weighted by Crippen LogP contribution is 2.17. The Balaban J connectivity index is 2.21. The highest BCUT2D eigenvalue weighted by Gasteiger charge is 2.10. The highest BCUT2D eigenvalue weighted by molar-refractivity contribution is 5.98. The smallest absolute Gasteiger partial charge is 0.252 e. The predicted octanol–water partition coefficient (Wildman–Crippen LogP) is 1.94. The molecule has 1 amide bonds. The standard InChI is InChI=1S/C15H18N4O/c1-2-10-5-3-4-6-11(10)8-18-15-13(14(17)20)7-12(16)9-19-15/h3-7,9H,2,8,16H2,1H3,(H2,17,20)(H,18,19). The van der Waals surface area contributed by atoms with Crippen LogP contribution in [0.3, 0.4) is 0 Å². The average Bonchev–Trinajstić information content (AvgIpc) is 2.46. The lowest BCUT2D eigenvalue weighted by Crippen LogP contribution is -2.16. The van der Waals surface area contributed by atoms with Crippen molar-refractivity contribution in [1.82, 2.24) is 4.98 Å². The van der Waals surface area contributed by atoms with E-state index in [1.54, 1.807) is 0 Å². The van der Waals surface area contributed by atoms with Crippen molar-refractivity contribution in [2.45, 2.75) is 19.9 Å². The number of nitrogens with two attached hydrogens (primary N) is 2. The maximum atomic E-state index is 11.4. The second kappa shape index (κ2) is 6.06. The molecule has 20 heavy (non-hydrogen) atoms. The number of nitrogen functional groups attached to an aromatic ring is 1. The van der Waals surface area contributed by atoms with Crippen LogP contribution < -0.4 is 16.8 Å². The quantitative estimate of drug-likeness (QED) is 0.773. The summed E-state index contributed by atoms with van der Waals surface area (Å²) in [5.41, 5.74) is 14.1. The molecular formula is C15H18N4O. The molecule has 2 rings (SSSR count). The van der Waals surface area contributed by atoms with Crippen molar-refractivity contribution in [3.05, 3.63) is 53.2 Å². The predicted molar refractivity (Wildman–Crippen MR) is 80.3 cm³/mol. The van der Waals surface area contributed by atoms with E-state index < -0.39 is 5.91 Å². The summed E-state index contributed by atoms with van der Waals surface area (Å²) in [7, 11) is 0. The van der Waals surface area contributed by atoms with E-state index in [0.29, 0.717) is 23.6 Å². The highest BCUT2D eigenvalue weighted by atomic mass is 16.1. The van der Waals surface area contributed by atoms with Crippen LogP contribution >= 0.6 is 0 Å². The Kier molecular flexibility index (Phi) is 4.20. The van der Waals surface area contributed by atoms with Gasteiger partial charge in [0.2, 0.25) is 0 Å². The number of primary amides is 1. The largest absolute Gasteiger partial charge is 0.397 e. The van der Waals surface area contributed by atoms with Crippen molar-refractivity contribution in [3.8, 4) is 0 Å². The van der Waals surface area contributed by atoms with E-state index in [9.17, 15) is 4.79 Å². The summed E-state index contributed by atoms with van der Waals surface area (Å²) < 4.78 is 0. The summed E-state index contributed by atoms with van der Waals surface area (Å²) >= 11 is 0. The number of nitrogens with one attached hydrogen (secondary N) is 1. The average molecular weight is 270 g/mol. The van der Waals surface area contributed by atoms with Crippen LogP contribution in [0.2, 0.25) is 0 Å². The summed E-state index contributed by atoms with van der Waals surface area (Å²) in [6, 6.07) is 9.67. The van der Waals surface area contributed by atoms with E-state index >= 15 is 0 Å². The number of aryl methyl sites for hydroxylation is 1. The molecule has 0 aliphatic carbocycles. The Labute approximate surface area is 118 Å². The van der Waals surface area contributed by atoms with Gasteiger partial charge < -0.3 is 16.8 Å². The minimum atomic E-state index is -0.545. The first-order valence-electron chi connectivity index (χ1n) is 6.47. The minimum Gasteiger partial charge on any atom is -0.397 e. The Bertz CT molecular complexity index is 625. The number of nitrogens with zero attached hydrogens (tertiary/aromatic N) is 1. The van der Waals surface area contributed by atoms with Crippen LogP contribution in [0.25, 0.3) is 0 Å². The number of hydrogen-bond acceptors (Lipinski definition) is 4. The SMILES string of the molecule is CCc1ccccc1CNc1ncc(N)cc1C(N)=O. The van der Waals surface area contributed by atoms with Crippen molar-refractivity contribution >= 4 is 17.4 Å². The van der Waals surface area contributed by atoms with Gasteiger partial charge in [-0.2, -0.15) is 0 Å². The van der Waals surface area contributed by atoms with Gasteiger partial charge in [0.25, 0.3) is 5.91 Å². The zero-order valence-corrected chi connectivity index (χ0v) is 11.4. The second-order valence-electron chi connectivity index (χ2n) is 4.50. The fourth-order valence-corrected chi connectivity index (χ4v) is 2.06. The maximum Gasteiger partial charge on any atom is 0.252 e. The maximum absolute atomic E-state index is 11.4. The number of amides is 1. The van der Waals surface area contributed by atoms with Gasteiger partial charge >= 0.3 is 0 Å². The van der Waals surface area contributed by atoms with Gasteiger partial charge in [-0.1, -0.05) is 31.2 Å². The van der Waals surface area contributed by atoms with Crippen molar-refractivity contribution in [1.29, 1.82) is 0 Å². The van der Waals surface area contributed by atoms with Crippen molar-refractivity contribution < 1.29 is 4.79 Å². The summed E-state index contributed by atoms with van der Waals surface area (Å²) in [4.78, 5) is 15.5.